The molecule has 1 aliphatic carbocycles. The van der Waals surface area contributed by atoms with Gasteiger partial charge in [0, 0.05) is 6.61 Å². The molecule has 2 fully saturated rings. The van der Waals surface area contributed by atoms with Crippen LogP contribution in [0, 0.1) is 5.92 Å². The van der Waals surface area contributed by atoms with Crippen molar-refractivity contribution >= 4 is 0 Å². The van der Waals surface area contributed by atoms with Gasteiger partial charge in [0.05, 0.1) is 12.2 Å². The van der Waals surface area contributed by atoms with Gasteiger partial charge in [0.1, 0.15) is 0 Å². The lowest BCUT2D eigenvalue weighted by atomic mass is 9.92. The van der Waals surface area contributed by atoms with Crippen LogP contribution < -0.4 is 5.32 Å². The number of ether oxygens (including phenoxy) is 1. The van der Waals surface area contributed by atoms with Gasteiger partial charge >= 0.3 is 0 Å². The lowest BCUT2D eigenvalue weighted by Crippen LogP contribution is -2.37. The Balaban J connectivity index is 1.56. The minimum atomic E-state index is -0.0852. The SMILES string of the molecule is OC1CC(OCC2CCNCC2)C1. The first kappa shape index (κ1) is 9.44. The van der Waals surface area contributed by atoms with Crippen molar-refractivity contribution in [3.63, 3.8) is 0 Å². The second-order valence-electron chi connectivity index (χ2n) is 4.27. The third-order valence-electron chi connectivity index (χ3n) is 3.10. The Morgan fingerprint density at radius 2 is 1.92 bits per heavy atom. The molecule has 0 atom stereocenters. The normalized spacial score (nSPS) is 35.8. The predicted octanol–water partition coefficient (Wildman–Crippen LogP) is 0.526. The maximum atomic E-state index is 9.07. The van der Waals surface area contributed by atoms with Gasteiger partial charge < -0.3 is 15.2 Å². The van der Waals surface area contributed by atoms with E-state index in [4.69, 9.17) is 9.84 Å². The molecule has 1 saturated heterocycles. The zero-order chi connectivity index (χ0) is 9.10. The molecule has 13 heavy (non-hydrogen) atoms. The maximum Gasteiger partial charge on any atom is 0.0624 e. The van der Waals surface area contributed by atoms with Crippen molar-refractivity contribution in [3.05, 3.63) is 0 Å². The third-order valence-corrected chi connectivity index (χ3v) is 3.10. The van der Waals surface area contributed by atoms with E-state index in [-0.39, 0.29) is 6.10 Å². The highest BCUT2D eigenvalue weighted by atomic mass is 16.5. The van der Waals surface area contributed by atoms with Crippen LogP contribution in [0.5, 0.6) is 0 Å². The van der Waals surface area contributed by atoms with Gasteiger partial charge in [-0.15, -0.1) is 0 Å². The van der Waals surface area contributed by atoms with Gasteiger partial charge in [-0.3, -0.25) is 0 Å². The molecule has 0 unspecified atom stereocenters. The lowest BCUT2D eigenvalue weighted by molar-refractivity contribution is -0.0821. The summed E-state index contributed by atoms with van der Waals surface area (Å²) in [5.74, 6) is 0.749. The van der Waals surface area contributed by atoms with Gasteiger partial charge in [-0.25, -0.2) is 0 Å². The number of hydrogen-bond acceptors (Lipinski definition) is 3. The van der Waals surface area contributed by atoms with E-state index in [0.29, 0.717) is 6.10 Å². The molecule has 0 bridgehead atoms. The van der Waals surface area contributed by atoms with Crippen LogP contribution in [0.15, 0.2) is 0 Å². The van der Waals surface area contributed by atoms with Crippen LogP contribution >= 0.6 is 0 Å². The van der Waals surface area contributed by atoms with E-state index >= 15 is 0 Å². The van der Waals surface area contributed by atoms with Crippen LogP contribution in [0.2, 0.25) is 0 Å². The molecule has 1 heterocycles. The van der Waals surface area contributed by atoms with E-state index in [0.717, 1.165) is 38.5 Å². The van der Waals surface area contributed by atoms with E-state index in [9.17, 15) is 0 Å². The molecule has 3 heteroatoms. The molecular formula is C10H19NO2. The van der Waals surface area contributed by atoms with Gasteiger partial charge in [0.15, 0.2) is 0 Å². The fourth-order valence-electron chi connectivity index (χ4n) is 1.99. The molecule has 0 spiro atoms. The zero-order valence-corrected chi connectivity index (χ0v) is 8.04. The molecule has 2 aliphatic rings. The van der Waals surface area contributed by atoms with Crippen LogP contribution in [0.4, 0.5) is 0 Å². The first-order valence-corrected chi connectivity index (χ1v) is 5.35. The highest BCUT2D eigenvalue weighted by molar-refractivity contribution is 4.80. The zero-order valence-electron chi connectivity index (χ0n) is 8.04. The summed E-state index contributed by atoms with van der Waals surface area (Å²) in [5, 5.41) is 12.4. The second kappa shape index (κ2) is 4.40. The summed E-state index contributed by atoms with van der Waals surface area (Å²) in [6, 6.07) is 0. The number of piperidine rings is 1. The van der Waals surface area contributed by atoms with Gasteiger partial charge in [0.2, 0.25) is 0 Å². The van der Waals surface area contributed by atoms with Gasteiger partial charge in [0.25, 0.3) is 0 Å². The van der Waals surface area contributed by atoms with E-state index < -0.39 is 0 Å². The molecule has 0 aromatic rings. The van der Waals surface area contributed by atoms with Crippen molar-refractivity contribution in [1.29, 1.82) is 0 Å². The molecular weight excluding hydrogens is 166 g/mol. The molecule has 3 nitrogen and oxygen atoms in total. The summed E-state index contributed by atoms with van der Waals surface area (Å²) in [5.41, 5.74) is 0. The fraction of sp³-hybridized carbons (Fsp3) is 1.00. The summed E-state index contributed by atoms with van der Waals surface area (Å²) < 4.78 is 5.70. The smallest absolute Gasteiger partial charge is 0.0624 e. The molecule has 0 aromatic carbocycles. The Hall–Kier alpha value is -0.120. The average molecular weight is 185 g/mol. The summed E-state index contributed by atoms with van der Waals surface area (Å²) in [4.78, 5) is 0. The predicted molar refractivity (Wildman–Crippen MR) is 50.6 cm³/mol. The van der Waals surface area contributed by atoms with Crippen LogP contribution in [-0.4, -0.2) is 37.0 Å². The summed E-state index contributed by atoms with van der Waals surface area (Å²) in [6.45, 7) is 3.18. The molecule has 1 aliphatic heterocycles. The van der Waals surface area contributed by atoms with Crippen molar-refractivity contribution in [2.75, 3.05) is 19.7 Å². The Labute approximate surface area is 79.5 Å². The molecule has 2 rings (SSSR count). The molecule has 0 aromatic heterocycles. The van der Waals surface area contributed by atoms with Crippen molar-refractivity contribution in [2.24, 2.45) is 5.92 Å². The van der Waals surface area contributed by atoms with E-state index in [1.165, 1.54) is 12.8 Å². The van der Waals surface area contributed by atoms with Crippen molar-refractivity contribution in [1.82, 2.24) is 5.32 Å². The molecule has 0 amide bonds. The minimum Gasteiger partial charge on any atom is -0.393 e. The molecule has 76 valence electrons. The summed E-state index contributed by atoms with van der Waals surface area (Å²) in [6.07, 6.45) is 4.46. The Morgan fingerprint density at radius 3 is 2.54 bits per heavy atom. The van der Waals surface area contributed by atoms with Gasteiger partial charge in [-0.1, -0.05) is 0 Å². The first-order chi connectivity index (χ1) is 6.34. The summed E-state index contributed by atoms with van der Waals surface area (Å²) in [7, 11) is 0. The lowest BCUT2D eigenvalue weighted by Gasteiger charge is -2.33. The first-order valence-electron chi connectivity index (χ1n) is 5.35. The number of aliphatic hydroxyl groups is 1. The van der Waals surface area contributed by atoms with Crippen molar-refractivity contribution in [3.8, 4) is 0 Å². The molecule has 0 radical (unpaired) electrons. The van der Waals surface area contributed by atoms with Gasteiger partial charge in [-0.05, 0) is 44.7 Å². The van der Waals surface area contributed by atoms with E-state index in [1.54, 1.807) is 0 Å². The average Bonchev–Trinajstić information content (AvgIpc) is 2.12. The largest absolute Gasteiger partial charge is 0.393 e. The standard InChI is InChI=1S/C10H19NO2/c12-9-5-10(6-9)13-7-8-1-3-11-4-2-8/h8-12H,1-7H2. The van der Waals surface area contributed by atoms with Crippen LogP contribution in [0.1, 0.15) is 25.7 Å². The third kappa shape index (κ3) is 2.66. The number of rotatable bonds is 3. The van der Waals surface area contributed by atoms with Gasteiger partial charge in [-0.2, -0.15) is 0 Å². The fourth-order valence-corrected chi connectivity index (χ4v) is 1.99. The quantitative estimate of drug-likeness (QED) is 0.674. The highest BCUT2D eigenvalue weighted by Crippen LogP contribution is 2.24. The summed E-state index contributed by atoms with van der Waals surface area (Å²) >= 11 is 0. The van der Waals surface area contributed by atoms with Crippen LogP contribution in [-0.2, 0) is 4.74 Å². The Kier molecular flexibility index (Phi) is 3.19. The molecule has 2 N–H and O–H groups in total. The number of aliphatic hydroxyl groups excluding tert-OH is 1. The second-order valence-corrected chi connectivity index (χ2v) is 4.27. The Bertz CT molecular complexity index is 151. The van der Waals surface area contributed by atoms with Crippen molar-refractivity contribution in [2.45, 2.75) is 37.9 Å². The Morgan fingerprint density at radius 1 is 1.23 bits per heavy atom. The van der Waals surface area contributed by atoms with E-state index in [1.807, 2.05) is 0 Å². The van der Waals surface area contributed by atoms with E-state index in [2.05, 4.69) is 5.32 Å². The number of hydrogen-bond donors (Lipinski definition) is 2. The monoisotopic (exact) mass is 185 g/mol. The maximum absolute atomic E-state index is 9.07. The number of nitrogens with one attached hydrogen (secondary N) is 1. The van der Waals surface area contributed by atoms with Crippen LogP contribution in [0.3, 0.4) is 0 Å². The van der Waals surface area contributed by atoms with Crippen LogP contribution in [0.25, 0.3) is 0 Å². The molecule has 1 saturated carbocycles. The topological polar surface area (TPSA) is 41.5 Å². The minimum absolute atomic E-state index is 0.0852. The van der Waals surface area contributed by atoms with Crippen molar-refractivity contribution < 1.29 is 9.84 Å². The highest BCUT2D eigenvalue weighted by Gasteiger charge is 2.28.